The van der Waals surface area contributed by atoms with E-state index in [4.69, 9.17) is 0 Å². The van der Waals surface area contributed by atoms with Crippen LogP contribution in [-0.2, 0) is 26.2 Å². The van der Waals surface area contributed by atoms with E-state index in [1.807, 2.05) is 0 Å². The molecule has 2 aromatic rings. The van der Waals surface area contributed by atoms with E-state index < -0.39 is 10.0 Å². The quantitative estimate of drug-likeness (QED) is 0.684. The molecule has 0 aromatic heterocycles. The standard InChI is InChI=1S/C22H23FN4O4S/c23-18-8-6-17(7-9-18)16-27-21(28)11-10-20(24-27)22(29)25-12-14-26(15-13-25)32(30,31)19-4-2-1-3-5-19/h1-9H,10-16H2. The number of rotatable bonds is 5. The van der Waals surface area contributed by atoms with Crippen molar-refractivity contribution < 1.29 is 22.4 Å². The van der Waals surface area contributed by atoms with Crippen molar-refractivity contribution in [3.8, 4) is 0 Å². The molecule has 2 amide bonds. The molecule has 0 spiro atoms. The molecule has 32 heavy (non-hydrogen) atoms. The number of piperazine rings is 1. The monoisotopic (exact) mass is 458 g/mol. The highest BCUT2D eigenvalue weighted by molar-refractivity contribution is 7.89. The van der Waals surface area contributed by atoms with E-state index in [9.17, 15) is 22.4 Å². The molecular formula is C22H23FN4O4S. The van der Waals surface area contributed by atoms with Gasteiger partial charge < -0.3 is 4.90 Å². The molecule has 1 saturated heterocycles. The highest BCUT2D eigenvalue weighted by atomic mass is 32.2. The van der Waals surface area contributed by atoms with Gasteiger partial charge in [-0.1, -0.05) is 30.3 Å². The Kier molecular flexibility index (Phi) is 6.33. The van der Waals surface area contributed by atoms with Gasteiger partial charge >= 0.3 is 0 Å². The molecule has 0 atom stereocenters. The number of carbonyl (C=O) groups is 2. The number of benzene rings is 2. The summed E-state index contributed by atoms with van der Waals surface area (Å²) < 4.78 is 40.0. The smallest absolute Gasteiger partial charge is 0.270 e. The van der Waals surface area contributed by atoms with E-state index >= 15 is 0 Å². The van der Waals surface area contributed by atoms with Crippen LogP contribution in [0.15, 0.2) is 64.6 Å². The van der Waals surface area contributed by atoms with Crippen LogP contribution in [0.4, 0.5) is 4.39 Å². The van der Waals surface area contributed by atoms with E-state index in [1.165, 1.54) is 21.4 Å². The first-order valence-corrected chi connectivity index (χ1v) is 11.8. The Labute approximate surface area is 186 Å². The highest BCUT2D eigenvalue weighted by Crippen LogP contribution is 2.19. The number of hydrogen-bond acceptors (Lipinski definition) is 5. The first-order chi connectivity index (χ1) is 15.3. The molecule has 2 heterocycles. The maximum atomic E-state index is 13.1. The van der Waals surface area contributed by atoms with Crippen molar-refractivity contribution in [2.24, 2.45) is 5.10 Å². The number of hydrogen-bond donors (Lipinski definition) is 0. The molecule has 0 radical (unpaired) electrons. The highest BCUT2D eigenvalue weighted by Gasteiger charge is 2.33. The van der Waals surface area contributed by atoms with Crippen molar-refractivity contribution in [3.63, 3.8) is 0 Å². The van der Waals surface area contributed by atoms with Gasteiger partial charge in [-0.2, -0.15) is 9.41 Å². The normalized spacial score (nSPS) is 17.9. The van der Waals surface area contributed by atoms with Gasteiger partial charge in [-0.05, 0) is 29.8 Å². The van der Waals surface area contributed by atoms with Gasteiger partial charge in [0.1, 0.15) is 11.5 Å². The first-order valence-electron chi connectivity index (χ1n) is 10.3. The zero-order valence-corrected chi connectivity index (χ0v) is 18.2. The number of nitrogens with zero attached hydrogens (tertiary/aromatic N) is 4. The molecule has 0 bridgehead atoms. The molecule has 2 aliphatic rings. The van der Waals surface area contributed by atoms with Gasteiger partial charge in [-0.15, -0.1) is 0 Å². The lowest BCUT2D eigenvalue weighted by Gasteiger charge is -2.35. The molecule has 0 saturated carbocycles. The summed E-state index contributed by atoms with van der Waals surface area (Å²) in [6, 6.07) is 14.0. The summed E-state index contributed by atoms with van der Waals surface area (Å²) in [4.78, 5) is 27.0. The number of amides is 2. The van der Waals surface area contributed by atoms with Crippen molar-refractivity contribution >= 4 is 27.5 Å². The van der Waals surface area contributed by atoms with Gasteiger partial charge in [0.15, 0.2) is 0 Å². The van der Waals surface area contributed by atoms with Crippen LogP contribution in [0.3, 0.4) is 0 Å². The third-order valence-corrected chi connectivity index (χ3v) is 7.42. The molecule has 4 rings (SSSR count). The lowest BCUT2D eigenvalue weighted by Crippen LogP contribution is -2.52. The Hall–Kier alpha value is -3.11. The van der Waals surface area contributed by atoms with E-state index in [-0.39, 0.29) is 73.8 Å². The van der Waals surface area contributed by atoms with Crippen LogP contribution in [0.25, 0.3) is 0 Å². The lowest BCUT2D eigenvalue weighted by atomic mass is 10.1. The summed E-state index contributed by atoms with van der Waals surface area (Å²) in [5.41, 5.74) is 0.975. The molecule has 168 valence electrons. The van der Waals surface area contributed by atoms with E-state index in [0.717, 1.165) is 0 Å². The zero-order chi connectivity index (χ0) is 22.7. The summed E-state index contributed by atoms with van der Waals surface area (Å²) in [6.07, 6.45) is 0.397. The summed E-state index contributed by atoms with van der Waals surface area (Å²) in [7, 11) is -3.60. The number of halogens is 1. The second-order valence-electron chi connectivity index (χ2n) is 7.63. The van der Waals surface area contributed by atoms with Crippen LogP contribution in [0, 0.1) is 5.82 Å². The van der Waals surface area contributed by atoms with Crippen molar-refractivity contribution in [3.05, 3.63) is 66.0 Å². The topological polar surface area (TPSA) is 90.4 Å². The molecule has 0 unspecified atom stereocenters. The predicted molar refractivity (Wildman–Crippen MR) is 115 cm³/mol. The molecule has 2 aliphatic heterocycles. The van der Waals surface area contributed by atoms with Crippen molar-refractivity contribution in [1.82, 2.24) is 14.2 Å². The Morgan fingerprint density at radius 3 is 2.25 bits per heavy atom. The molecule has 10 heteroatoms. The van der Waals surface area contributed by atoms with Gasteiger partial charge in [-0.3, -0.25) is 9.59 Å². The minimum atomic E-state index is -3.60. The Balaban J connectivity index is 1.41. The minimum absolute atomic E-state index is 0.152. The molecule has 8 nitrogen and oxygen atoms in total. The number of carbonyl (C=O) groups excluding carboxylic acids is 2. The SMILES string of the molecule is O=C(C1=NN(Cc2ccc(F)cc2)C(=O)CC1)N1CCN(S(=O)(=O)c2ccccc2)CC1. The van der Waals surface area contributed by atoms with Crippen LogP contribution < -0.4 is 0 Å². The third-order valence-electron chi connectivity index (χ3n) is 5.50. The summed E-state index contributed by atoms with van der Waals surface area (Å²) in [6.45, 7) is 1.02. The van der Waals surface area contributed by atoms with Gasteiger partial charge in [0.05, 0.1) is 11.4 Å². The molecular weight excluding hydrogens is 435 g/mol. The summed E-state index contributed by atoms with van der Waals surface area (Å²) in [5, 5.41) is 5.49. The van der Waals surface area contributed by atoms with Gasteiger partial charge in [0.2, 0.25) is 15.9 Å². The first kappa shape index (κ1) is 22.1. The predicted octanol–water partition coefficient (Wildman–Crippen LogP) is 1.84. The van der Waals surface area contributed by atoms with Crippen molar-refractivity contribution in [1.29, 1.82) is 0 Å². The Morgan fingerprint density at radius 1 is 0.938 bits per heavy atom. The summed E-state index contributed by atoms with van der Waals surface area (Å²) in [5.74, 6) is -0.866. The second kappa shape index (κ2) is 9.17. The van der Waals surface area contributed by atoms with Crippen LogP contribution >= 0.6 is 0 Å². The number of hydrazone groups is 1. The average molecular weight is 459 g/mol. The van der Waals surface area contributed by atoms with E-state index in [2.05, 4.69) is 5.10 Å². The zero-order valence-electron chi connectivity index (χ0n) is 17.4. The fourth-order valence-corrected chi connectivity index (χ4v) is 5.14. The third kappa shape index (κ3) is 4.71. The van der Waals surface area contributed by atoms with E-state index in [0.29, 0.717) is 5.56 Å². The number of sulfonamides is 1. The summed E-state index contributed by atoms with van der Waals surface area (Å²) >= 11 is 0. The maximum absolute atomic E-state index is 13.1. The largest absolute Gasteiger partial charge is 0.335 e. The van der Waals surface area contributed by atoms with Gasteiger partial charge in [0.25, 0.3) is 5.91 Å². The lowest BCUT2D eigenvalue weighted by molar-refractivity contribution is -0.132. The Bertz CT molecular complexity index is 1130. The molecule has 1 fully saturated rings. The van der Waals surface area contributed by atoms with Crippen LogP contribution in [-0.4, -0.2) is 66.3 Å². The van der Waals surface area contributed by atoms with Crippen LogP contribution in [0.2, 0.25) is 0 Å². The minimum Gasteiger partial charge on any atom is -0.335 e. The van der Waals surface area contributed by atoms with Crippen molar-refractivity contribution in [2.45, 2.75) is 24.3 Å². The average Bonchev–Trinajstić information content (AvgIpc) is 2.82. The van der Waals surface area contributed by atoms with Crippen LogP contribution in [0.1, 0.15) is 18.4 Å². The molecule has 0 N–H and O–H groups in total. The van der Waals surface area contributed by atoms with Gasteiger partial charge in [-0.25, -0.2) is 17.8 Å². The van der Waals surface area contributed by atoms with Gasteiger partial charge in [0, 0.05) is 39.0 Å². The molecule has 2 aromatic carbocycles. The van der Waals surface area contributed by atoms with E-state index in [1.54, 1.807) is 47.4 Å². The fraction of sp³-hybridized carbons (Fsp3) is 0.318. The van der Waals surface area contributed by atoms with Crippen LogP contribution in [0.5, 0.6) is 0 Å². The fourth-order valence-electron chi connectivity index (χ4n) is 3.70. The molecule has 0 aliphatic carbocycles. The maximum Gasteiger partial charge on any atom is 0.270 e. The van der Waals surface area contributed by atoms with Crippen molar-refractivity contribution in [2.75, 3.05) is 26.2 Å². The second-order valence-corrected chi connectivity index (χ2v) is 9.57. The Morgan fingerprint density at radius 2 is 1.59 bits per heavy atom.